The van der Waals surface area contributed by atoms with Gasteiger partial charge in [0.05, 0.1) is 6.10 Å². The molecule has 0 aromatic heterocycles. The molecule has 7 heteroatoms. The number of hydrogen-bond donors (Lipinski definition) is 1. The van der Waals surface area contributed by atoms with Crippen molar-refractivity contribution in [3.05, 3.63) is 12.7 Å². The summed E-state index contributed by atoms with van der Waals surface area (Å²) in [5.41, 5.74) is 0. The van der Waals surface area contributed by atoms with Crippen LogP contribution in [-0.2, 0) is 19.1 Å². The van der Waals surface area contributed by atoms with Crippen LogP contribution < -0.4 is 29.6 Å². The molecule has 1 unspecified atom stereocenters. The molecular formula is C6H11NaO5S. The van der Waals surface area contributed by atoms with Gasteiger partial charge in [0.2, 0.25) is 0 Å². The Hall–Kier alpha value is 0.120. The van der Waals surface area contributed by atoms with Gasteiger partial charge in [-0.1, -0.05) is 6.58 Å². The third-order valence-corrected chi connectivity index (χ3v) is 2.13. The van der Waals surface area contributed by atoms with E-state index in [1.54, 1.807) is 0 Å². The molecule has 0 spiro atoms. The van der Waals surface area contributed by atoms with Gasteiger partial charge in [0, 0.05) is 6.08 Å². The largest absolute Gasteiger partial charge is 1.00 e. The van der Waals surface area contributed by atoms with Gasteiger partial charge < -0.3 is 10.7 Å². The molecule has 0 rings (SSSR count). The molecule has 0 amide bonds. The summed E-state index contributed by atoms with van der Waals surface area (Å²) in [6.07, 6.45) is -0.327. The Kier molecular flexibility index (Phi) is 7.86. The number of carbonyl (C=O) groups is 1. The molecule has 0 fully saturated rings. The summed E-state index contributed by atoms with van der Waals surface area (Å²) >= 11 is 0. The second-order valence-corrected chi connectivity index (χ2v) is 3.80. The van der Waals surface area contributed by atoms with E-state index in [0.29, 0.717) is 0 Å². The van der Waals surface area contributed by atoms with E-state index in [2.05, 4.69) is 10.8 Å². The van der Waals surface area contributed by atoms with Gasteiger partial charge in [-0.2, -0.15) is 8.42 Å². The molecule has 0 aliphatic heterocycles. The Labute approximate surface area is 101 Å². The van der Waals surface area contributed by atoms with E-state index in [9.17, 15) is 13.2 Å². The summed E-state index contributed by atoms with van der Waals surface area (Å²) in [6, 6.07) is 0. The maximum absolute atomic E-state index is 10.8. The summed E-state index contributed by atoms with van der Waals surface area (Å²) in [4.78, 5) is 10.4. The van der Waals surface area contributed by atoms with Crippen molar-refractivity contribution in [2.24, 2.45) is 0 Å². The Morgan fingerprint density at radius 3 is 2.54 bits per heavy atom. The van der Waals surface area contributed by atoms with Crippen LogP contribution in [0.3, 0.4) is 0 Å². The summed E-state index contributed by atoms with van der Waals surface area (Å²) < 4.78 is 25.5. The molecule has 72 valence electrons. The molecule has 0 saturated carbocycles. The van der Waals surface area contributed by atoms with Crippen LogP contribution in [0.25, 0.3) is 0 Å². The average Bonchev–Trinajstić information content (AvgIpc) is 1.83. The van der Waals surface area contributed by atoms with Crippen LogP contribution in [0.15, 0.2) is 12.7 Å². The first kappa shape index (κ1) is 15.6. The SMILES string of the molecule is C=CC(=O)OS(=O)(=O)CC(C)O.[H-].[Na+]. The molecule has 0 bridgehead atoms. The van der Waals surface area contributed by atoms with E-state index in [4.69, 9.17) is 5.11 Å². The molecule has 1 atom stereocenters. The molecule has 0 aromatic carbocycles. The maximum atomic E-state index is 10.8. The predicted molar refractivity (Wildman–Crippen MR) is 42.9 cm³/mol. The van der Waals surface area contributed by atoms with Gasteiger partial charge in [-0.05, 0) is 6.92 Å². The van der Waals surface area contributed by atoms with Crippen molar-refractivity contribution < 1.29 is 53.5 Å². The van der Waals surface area contributed by atoms with Crippen molar-refractivity contribution in [3.63, 3.8) is 0 Å². The fraction of sp³-hybridized carbons (Fsp3) is 0.500. The zero-order valence-corrected chi connectivity index (χ0v) is 10.4. The van der Waals surface area contributed by atoms with Gasteiger partial charge in [0.25, 0.3) is 0 Å². The third kappa shape index (κ3) is 8.45. The van der Waals surface area contributed by atoms with Crippen molar-refractivity contribution in [1.29, 1.82) is 0 Å². The van der Waals surface area contributed by atoms with Crippen LogP contribution >= 0.6 is 0 Å². The fourth-order valence-electron chi connectivity index (χ4n) is 0.489. The van der Waals surface area contributed by atoms with Crippen LogP contribution in [0.4, 0.5) is 0 Å². The Morgan fingerprint density at radius 1 is 1.77 bits per heavy atom. The van der Waals surface area contributed by atoms with Crippen LogP contribution in [0.2, 0.25) is 0 Å². The van der Waals surface area contributed by atoms with E-state index in [1.807, 2.05) is 0 Å². The summed E-state index contributed by atoms with van der Waals surface area (Å²) in [6.45, 7) is 4.30. The quantitative estimate of drug-likeness (QED) is 0.301. The van der Waals surface area contributed by atoms with Crippen molar-refractivity contribution in [2.75, 3.05) is 5.75 Å². The van der Waals surface area contributed by atoms with Crippen LogP contribution in [0, 0.1) is 0 Å². The third-order valence-electron chi connectivity index (χ3n) is 0.821. The van der Waals surface area contributed by atoms with E-state index in [0.717, 1.165) is 6.08 Å². The summed E-state index contributed by atoms with van der Waals surface area (Å²) in [5, 5.41) is 8.68. The van der Waals surface area contributed by atoms with Gasteiger partial charge in [-0.15, -0.1) is 0 Å². The molecule has 0 heterocycles. The number of hydrogen-bond acceptors (Lipinski definition) is 5. The smallest absolute Gasteiger partial charge is 1.00 e. The van der Waals surface area contributed by atoms with Gasteiger partial charge in [0.15, 0.2) is 0 Å². The van der Waals surface area contributed by atoms with Crippen LogP contribution in [0.5, 0.6) is 0 Å². The van der Waals surface area contributed by atoms with Crippen molar-refractivity contribution in [1.82, 2.24) is 0 Å². The van der Waals surface area contributed by atoms with Crippen molar-refractivity contribution >= 4 is 16.1 Å². The molecule has 0 aliphatic carbocycles. The number of carbonyl (C=O) groups excluding carboxylic acids is 1. The van der Waals surface area contributed by atoms with Crippen LogP contribution in [-0.4, -0.2) is 31.4 Å². The van der Waals surface area contributed by atoms with Gasteiger partial charge in [0.1, 0.15) is 5.75 Å². The Balaban J connectivity index is -0.000000605. The Morgan fingerprint density at radius 2 is 2.23 bits per heavy atom. The maximum Gasteiger partial charge on any atom is 1.00 e. The number of rotatable bonds is 4. The van der Waals surface area contributed by atoms with Gasteiger partial charge >= 0.3 is 45.6 Å². The van der Waals surface area contributed by atoms with Crippen molar-refractivity contribution in [2.45, 2.75) is 13.0 Å². The summed E-state index contributed by atoms with van der Waals surface area (Å²) in [5.74, 6) is -1.65. The fourth-order valence-corrected chi connectivity index (χ4v) is 1.47. The molecule has 1 N–H and O–H groups in total. The predicted octanol–water partition coefficient (Wildman–Crippen LogP) is -3.46. The zero-order valence-electron chi connectivity index (χ0n) is 8.56. The van der Waals surface area contributed by atoms with E-state index >= 15 is 0 Å². The standard InChI is InChI=1S/C6H10O5S.Na.H/c1-3-6(8)11-12(9,10)4-5(2)7;;/h3,5,7H,1,4H2,2H3;;/q;+1;-1. The second-order valence-electron chi connectivity index (χ2n) is 2.18. The number of aliphatic hydroxyl groups excluding tert-OH is 1. The average molecular weight is 218 g/mol. The minimum atomic E-state index is -3.96. The van der Waals surface area contributed by atoms with Gasteiger partial charge in [-0.25, -0.2) is 4.79 Å². The summed E-state index contributed by atoms with van der Waals surface area (Å²) in [7, 11) is -3.96. The molecule has 0 saturated heterocycles. The van der Waals surface area contributed by atoms with Crippen LogP contribution in [0.1, 0.15) is 8.35 Å². The minimum Gasteiger partial charge on any atom is -1.00 e. The number of aliphatic hydroxyl groups is 1. The first-order chi connectivity index (χ1) is 5.37. The second kappa shape index (κ2) is 6.56. The topological polar surface area (TPSA) is 80.7 Å². The molecule has 0 aromatic rings. The zero-order chi connectivity index (χ0) is 9.78. The first-order valence-corrected chi connectivity index (χ1v) is 4.71. The normalized spacial score (nSPS) is 12.5. The Bertz CT molecular complexity index is 274. The molecule has 13 heavy (non-hydrogen) atoms. The molecule has 5 nitrogen and oxygen atoms in total. The molecule has 0 aliphatic rings. The minimum absolute atomic E-state index is 0. The van der Waals surface area contributed by atoms with E-state index < -0.39 is 27.9 Å². The van der Waals surface area contributed by atoms with E-state index in [1.165, 1.54) is 6.92 Å². The van der Waals surface area contributed by atoms with E-state index in [-0.39, 0.29) is 31.0 Å². The van der Waals surface area contributed by atoms with Gasteiger partial charge in [-0.3, -0.25) is 0 Å². The van der Waals surface area contributed by atoms with Crippen molar-refractivity contribution in [3.8, 4) is 0 Å². The first-order valence-electron chi connectivity index (χ1n) is 3.14. The molecule has 0 radical (unpaired) electrons. The molecular weight excluding hydrogens is 207 g/mol. The monoisotopic (exact) mass is 218 g/mol.